The van der Waals surface area contributed by atoms with Gasteiger partial charge in [0.25, 0.3) is 5.56 Å². The molecule has 0 unspecified atom stereocenters. The van der Waals surface area contributed by atoms with E-state index < -0.39 is 0 Å². The van der Waals surface area contributed by atoms with E-state index in [0.29, 0.717) is 33.4 Å². The van der Waals surface area contributed by atoms with Crippen molar-refractivity contribution in [3.63, 3.8) is 0 Å². The largest absolute Gasteiger partial charge is 0.306 e. The standard InChI is InChI=1S/C13H12Cl2N2O/c1-3-11-7(2)13(18)17-12(16-11)9-5-4-8(14)6-10(9)15/h4-6H,3H2,1-2H3,(H,16,17,18). The lowest BCUT2D eigenvalue weighted by molar-refractivity contribution is 0.955. The highest BCUT2D eigenvalue weighted by molar-refractivity contribution is 6.36. The Morgan fingerprint density at radius 3 is 2.67 bits per heavy atom. The van der Waals surface area contributed by atoms with Gasteiger partial charge in [0.1, 0.15) is 5.82 Å². The maximum atomic E-state index is 11.8. The van der Waals surface area contributed by atoms with Gasteiger partial charge in [-0.3, -0.25) is 4.79 Å². The highest BCUT2D eigenvalue weighted by Gasteiger charge is 2.10. The van der Waals surface area contributed by atoms with Crippen LogP contribution in [0.5, 0.6) is 0 Å². The predicted molar refractivity (Wildman–Crippen MR) is 74.4 cm³/mol. The maximum absolute atomic E-state index is 11.8. The highest BCUT2D eigenvalue weighted by atomic mass is 35.5. The van der Waals surface area contributed by atoms with Crippen LogP contribution in [0.3, 0.4) is 0 Å². The number of aryl methyl sites for hydroxylation is 1. The van der Waals surface area contributed by atoms with Crippen LogP contribution >= 0.6 is 23.2 Å². The molecule has 0 aliphatic carbocycles. The molecule has 3 nitrogen and oxygen atoms in total. The summed E-state index contributed by atoms with van der Waals surface area (Å²) in [6, 6.07) is 5.09. The van der Waals surface area contributed by atoms with Crippen LogP contribution in [0, 0.1) is 6.92 Å². The molecule has 0 spiro atoms. The first-order valence-electron chi connectivity index (χ1n) is 5.58. The Morgan fingerprint density at radius 2 is 2.06 bits per heavy atom. The molecule has 0 bridgehead atoms. The first kappa shape index (κ1) is 13.1. The van der Waals surface area contributed by atoms with Crippen LogP contribution in [0.2, 0.25) is 10.0 Å². The normalized spacial score (nSPS) is 10.7. The summed E-state index contributed by atoms with van der Waals surface area (Å²) in [6.45, 7) is 3.72. The lowest BCUT2D eigenvalue weighted by Crippen LogP contribution is -2.15. The molecule has 94 valence electrons. The van der Waals surface area contributed by atoms with Crippen molar-refractivity contribution >= 4 is 23.2 Å². The van der Waals surface area contributed by atoms with E-state index in [2.05, 4.69) is 9.97 Å². The molecule has 1 aromatic heterocycles. The van der Waals surface area contributed by atoms with Crippen LogP contribution in [0.25, 0.3) is 11.4 Å². The Bertz CT molecular complexity index is 650. The van der Waals surface area contributed by atoms with E-state index in [1.165, 1.54) is 0 Å². The number of aromatic nitrogens is 2. The van der Waals surface area contributed by atoms with Crippen molar-refractivity contribution in [1.82, 2.24) is 9.97 Å². The molecule has 1 heterocycles. The van der Waals surface area contributed by atoms with E-state index in [0.717, 1.165) is 5.69 Å². The summed E-state index contributed by atoms with van der Waals surface area (Å²) in [6.07, 6.45) is 0.702. The summed E-state index contributed by atoms with van der Waals surface area (Å²) < 4.78 is 0. The van der Waals surface area contributed by atoms with Crippen molar-refractivity contribution in [2.24, 2.45) is 0 Å². The van der Waals surface area contributed by atoms with Gasteiger partial charge in [0.15, 0.2) is 0 Å². The van der Waals surface area contributed by atoms with E-state index in [4.69, 9.17) is 23.2 Å². The van der Waals surface area contributed by atoms with Crippen molar-refractivity contribution < 1.29 is 0 Å². The van der Waals surface area contributed by atoms with Crippen LogP contribution in [0.1, 0.15) is 18.2 Å². The van der Waals surface area contributed by atoms with Gasteiger partial charge in [0.05, 0.1) is 10.7 Å². The smallest absolute Gasteiger partial charge is 0.254 e. The Labute approximate surface area is 115 Å². The number of nitrogens with zero attached hydrogens (tertiary/aromatic N) is 1. The molecule has 0 aliphatic rings. The fraction of sp³-hybridized carbons (Fsp3) is 0.231. The van der Waals surface area contributed by atoms with E-state index in [1.807, 2.05) is 6.92 Å². The van der Waals surface area contributed by atoms with E-state index in [1.54, 1.807) is 25.1 Å². The van der Waals surface area contributed by atoms with Crippen molar-refractivity contribution in [2.75, 3.05) is 0 Å². The lowest BCUT2D eigenvalue weighted by atomic mass is 10.1. The van der Waals surface area contributed by atoms with Crippen LogP contribution in [-0.4, -0.2) is 9.97 Å². The van der Waals surface area contributed by atoms with Gasteiger partial charge in [0, 0.05) is 16.1 Å². The zero-order valence-electron chi connectivity index (χ0n) is 10.1. The van der Waals surface area contributed by atoms with E-state index >= 15 is 0 Å². The summed E-state index contributed by atoms with van der Waals surface area (Å²) in [5.41, 5.74) is 1.96. The van der Waals surface area contributed by atoms with Crippen LogP contribution in [0.4, 0.5) is 0 Å². The molecule has 0 radical (unpaired) electrons. The number of halogens is 2. The topological polar surface area (TPSA) is 45.8 Å². The van der Waals surface area contributed by atoms with Gasteiger partial charge in [-0.15, -0.1) is 0 Å². The number of hydrogen-bond donors (Lipinski definition) is 1. The van der Waals surface area contributed by atoms with E-state index in [-0.39, 0.29) is 5.56 Å². The third-order valence-electron chi connectivity index (χ3n) is 2.77. The molecule has 0 aliphatic heterocycles. The Hall–Kier alpha value is -1.32. The van der Waals surface area contributed by atoms with Crippen molar-refractivity contribution in [3.8, 4) is 11.4 Å². The van der Waals surface area contributed by atoms with Gasteiger partial charge in [0.2, 0.25) is 0 Å². The average Bonchev–Trinajstić information content (AvgIpc) is 2.32. The van der Waals surface area contributed by atoms with Crippen LogP contribution in [0.15, 0.2) is 23.0 Å². The maximum Gasteiger partial charge on any atom is 0.254 e. The van der Waals surface area contributed by atoms with Crippen molar-refractivity contribution in [2.45, 2.75) is 20.3 Å². The quantitative estimate of drug-likeness (QED) is 0.915. The number of nitrogens with one attached hydrogen (secondary N) is 1. The number of benzene rings is 1. The lowest BCUT2D eigenvalue weighted by Gasteiger charge is -2.07. The summed E-state index contributed by atoms with van der Waals surface area (Å²) in [4.78, 5) is 19.0. The summed E-state index contributed by atoms with van der Waals surface area (Å²) in [7, 11) is 0. The van der Waals surface area contributed by atoms with Crippen molar-refractivity contribution in [1.29, 1.82) is 0 Å². The molecule has 0 saturated carbocycles. The number of H-pyrrole nitrogens is 1. The molecule has 5 heteroatoms. The molecular formula is C13H12Cl2N2O. The van der Waals surface area contributed by atoms with Crippen LogP contribution in [-0.2, 0) is 6.42 Å². The third-order valence-corrected chi connectivity index (χ3v) is 3.32. The second kappa shape index (κ2) is 5.12. The molecule has 18 heavy (non-hydrogen) atoms. The minimum atomic E-state index is -0.136. The zero-order chi connectivity index (χ0) is 13.3. The van der Waals surface area contributed by atoms with Gasteiger partial charge in [-0.2, -0.15) is 0 Å². The summed E-state index contributed by atoms with van der Waals surface area (Å²) >= 11 is 11.9. The number of hydrogen-bond acceptors (Lipinski definition) is 2. The third kappa shape index (κ3) is 2.42. The van der Waals surface area contributed by atoms with Gasteiger partial charge in [-0.25, -0.2) is 4.98 Å². The zero-order valence-corrected chi connectivity index (χ0v) is 11.6. The van der Waals surface area contributed by atoms with Gasteiger partial charge in [-0.1, -0.05) is 30.1 Å². The minimum Gasteiger partial charge on any atom is -0.306 e. The molecule has 1 N–H and O–H groups in total. The second-order valence-corrected chi connectivity index (χ2v) is 4.81. The Kier molecular flexibility index (Phi) is 3.73. The molecule has 1 aromatic carbocycles. The second-order valence-electron chi connectivity index (χ2n) is 3.96. The van der Waals surface area contributed by atoms with Gasteiger partial charge in [-0.05, 0) is 31.5 Å². The Balaban J connectivity index is 2.64. The predicted octanol–water partition coefficient (Wildman–Crippen LogP) is 3.61. The monoisotopic (exact) mass is 282 g/mol. The minimum absolute atomic E-state index is 0.136. The molecular weight excluding hydrogens is 271 g/mol. The average molecular weight is 283 g/mol. The fourth-order valence-corrected chi connectivity index (χ4v) is 2.23. The highest BCUT2D eigenvalue weighted by Crippen LogP contribution is 2.27. The molecule has 2 rings (SSSR count). The molecule has 2 aromatic rings. The van der Waals surface area contributed by atoms with Crippen molar-refractivity contribution in [3.05, 3.63) is 49.9 Å². The van der Waals surface area contributed by atoms with E-state index in [9.17, 15) is 4.79 Å². The first-order chi connectivity index (χ1) is 8.52. The van der Waals surface area contributed by atoms with Crippen LogP contribution < -0.4 is 5.56 Å². The first-order valence-corrected chi connectivity index (χ1v) is 6.33. The Morgan fingerprint density at radius 1 is 1.33 bits per heavy atom. The van der Waals surface area contributed by atoms with Gasteiger partial charge >= 0.3 is 0 Å². The molecule has 0 fully saturated rings. The molecule has 0 saturated heterocycles. The molecule has 0 atom stereocenters. The number of rotatable bonds is 2. The molecule has 0 amide bonds. The van der Waals surface area contributed by atoms with Gasteiger partial charge < -0.3 is 4.98 Å². The number of aromatic amines is 1. The summed E-state index contributed by atoms with van der Waals surface area (Å²) in [5.74, 6) is 0.476. The summed E-state index contributed by atoms with van der Waals surface area (Å²) in [5, 5.41) is 1.02. The SMILES string of the molecule is CCc1nc(-c2ccc(Cl)cc2Cl)[nH]c(=O)c1C. The fourth-order valence-electron chi connectivity index (χ4n) is 1.73.